The molecular formula is C13H16O3. The molecule has 86 valence electrons. The van der Waals surface area contributed by atoms with E-state index in [9.17, 15) is 4.79 Å². The third kappa shape index (κ3) is 2.35. The van der Waals surface area contributed by atoms with Crippen LogP contribution in [0.1, 0.15) is 25.8 Å². The molecule has 3 nitrogen and oxygen atoms in total. The summed E-state index contributed by atoms with van der Waals surface area (Å²) < 4.78 is 11.0. The van der Waals surface area contributed by atoms with E-state index in [-0.39, 0.29) is 18.2 Å². The number of esters is 1. The second-order valence-corrected chi connectivity index (χ2v) is 4.12. The second kappa shape index (κ2) is 4.56. The van der Waals surface area contributed by atoms with Crippen molar-refractivity contribution < 1.29 is 14.3 Å². The third-order valence-electron chi connectivity index (χ3n) is 2.82. The fourth-order valence-electron chi connectivity index (χ4n) is 2.01. The van der Waals surface area contributed by atoms with E-state index in [0.717, 1.165) is 18.6 Å². The first-order valence-electron chi connectivity index (χ1n) is 5.58. The number of carbonyl (C=O) groups excluding carboxylic acids is 1. The number of carbonyl (C=O) groups is 1. The zero-order chi connectivity index (χ0) is 11.5. The molecule has 0 bridgehead atoms. The van der Waals surface area contributed by atoms with Gasteiger partial charge in [0.2, 0.25) is 0 Å². The predicted octanol–water partition coefficient (Wildman–Crippen LogP) is 2.33. The summed E-state index contributed by atoms with van der Waals surface area (Å²) in [4.78, 5) is 10.9. The van der Waals surface area contributed by atoms with Gasteiger partial charge in [0.1, 0.15) is 18.0 Å². The van der Waals surface area contributed by atoms with Crippen molar-refractivity contribution in [1.29, 1.82) is 0 Å². The summed E-state index contributed by atoms with van der Waals surface area (Å²) in [6, 6.07) is 8.00. The highest BCUT2D eigenvalue weighted by molar-refractivity contribution is 5.66. The normalized spacial score (nSPS) is 20.5. The van der Waals surface area contributed by atoms with Gasteiger partial charge in [0, 0.05) is 6.92 Å². The maximum absolute atomic E-state index is 10.9. The smallest absolute Gasteiger partial charge is 0.303 e. The number of hydrogen-bond acceptors (Lipinski definition) is 3. The summed E-state index contributed by atoms with van der Waals surface area (Å²) in [6.45, 7) is 3.30. The van der Waals surface area contributed by atoms with Crippen LogP contribution in [0.4, 0.5) is 0 Å². The average molecular weight is 220 g/mol. The molecule has 1 aliphatic heterocycles. The van der Waals surface area contributed by atoms with Gasteiger partial charge < -0.3 is 9.47 Å². The number of hydrogen-bond donors (Lipinski definition) is 0. The largest absolute Gasteiger partial charge is 0.486 e. The van der Waals surface area contributed by atoms with Gasteiger partial charge in [0.25, 0.3) is 0 Å². The topological polar surface area (TPSA) is 35.5 Å². The number of rotatable bonds is 2. The molecule has 0 N–H and O–H groups in total. The molecule has 2 unspecified atom stereocenters. The van der Waals surface area contributed by atoms with Crippen LogP contribution in [0, 0.1) is 0 Å². The zero-order valence-corrected chi connectivity index (χ0v) is 9.60. The van der Waals surface area contributed by atoms with Gasteiger partial charge in [-0.05, 0) is 31.4 Å². The minimum Gasteiger partial charge on any atom is -0.486 e. The van der Waals surface area contributed by atoms with Crippen molar-refractivity contribution in [1.82, 2.24) is 0 Å². The Balaban J connectivity index is 2.05. The van der Waals surface area contributed by atoms with Crippen LogP contribution >= 0.6 is 0 Å². The molecular weight excluding hydrogens is 204 g/mol. The van der Waals surface area contributed by atoms with Crippen LogP contribution in [0.3, 0.4) is 0 Å². The molecule has 16 heavy (non-hydrogen) atoms. The molecule has 0 fully saturated rings. The third-order valence-corrected chi connectivity index (χ3v) is 2.82. The lowest BCUT2D eigenvalue weighted by molar-refractivity contribution is -0.150. The van der Waals surface area contributed by atoms with Gasteiger partial charge in [0.15, 0.2) is 0 Å². The van der Waals surface area contributed by atoms with Crippen LogP contribution in [0.25, 0.3) is 0 Å². The summed E-state index contributed by atoms with van der Waals surface area (Å²) in [5.74, 6) is 0.660. The molecule has 0 amide bonds. The van der Waals surface area contributed by atoms with E-state index in [4.69, 9.17) is 9.47 Å². The molecule has 1 aromatic rings. The Morgan fingerprint density at radius 3 is 3.00 bits per heavy atom. The van der Waals surface area contributed by atoms with Crippen molar-refractivity contribution in [3.63, 3.8) is 0 Å². The monoisotopic (exact) mass is 220 g/mol. The van der Waals surface area contributed by atoms with E-state index in [1.165, 1.54) is 12.5 Å². The van der Waals surface area contributed by atoms with Crippen LogP contribution in [-0.4, -0.2) is 18.2 Å². The highest BCUT2D eigenvalue weighted by atomic mass is 16.6. The van der Waals surface area contributed by atoms with Crippen molar-refractivity contribution in [3.8, 4) is 5.75 Å². The van der Waals surface area contributed by atoms with Crippen molar-refractivity contribution in [2.45, 2.75) is 38.9 Å². The second-order valence-electron chi connectivity index (χ2n) is 4.12. The van der Waals surface area contributed by atoms with E-state index < -0.39 is 0 Å². The van der Waals surface area contributed by atoms with Gasteiger partial charge in [-0.2, -0.15) is 0 Å². The van der Waals surface area contributed by atoms with Gasteiger partial charge in [0.05, 0.1) is 0 Å². The first-order valence-corrected chi connectivity index (χ1v) is 5.58. The SMILES string of the molecule is CC(=O)OC(C)C1CCc2ccccc2O1. The van der Waals surface area contributed by atoms with E-state index in [1.807, 2.05) is 25.1 Å². The molecule has 1 aromatic carbocycles. The molecule has 0 spiro atoms. The summed E-state index contributed by atoms with van der Waals surface area (Å²) in [7, 11) is 0. The Hall–Kier alpha value is -1.51. The summed E-state index contributed by atoms with van der Waals surface area (Å²) in [5, 5.41) is 0. The van der Waals surface area contributed by atoms with Crippen molar-refractivity contribution in [2.24, 2.45) is 0 Å². The standard InChI is InChI=1S/C13H16O3/c1-9(15-10(2)14)12-8-7-11-5-3-4-6-13(11)16-12/h3-6,9,12H,7-8H2,1-2H3. The minimum absolute atomic E-state index is 0.0289. The molecule has 2 atom stereocenters. The molecule has 0 radical (unpaired) electrons. The van der Waals surface area contributed by atoms with Crippen LogP contribution in [0.2, 0.25) is 0 Å². The molecule has 0 aromatic heterocycles. The average Bonchev–Trinajstić information content (AvgIpc) is 2.27. The van der Waals surface area contributed by atoms with Gasteiger partial charge in [-0.3, -0.25) is 4.79 Å². The Morgan fingerprint density at radius 2 is 2.25 bits per heavy atom. The molecule has 3 heteroatoms. The van der Waals surface area contributed by atoms with Crippen molar-refractivity contribution in [2.75, 3.05) is 0 Å². The van der Waals surface area contributed by atoms with Gasteiger partial charge in [-0.15, -0.1) is 0 Å². The highest BCUT2D eigenvalue weighted by Gasteiger charge is 2.26. The van der Waals surface area contributed by atoms with Gasteiger partial charge in [-0.25, -0.2) is 0 Å². The maximum atomic E-state index is 10.9. The highest BCUT2D eigenvalue weighted by Crippen LogP contribution is 2.28. The molecule has 0 saturated heterocycles. The van der Waals surface area contributed by atoms with Gasteiger partial charge >= 0.3 is 5.97 Å². The quantitative estimate of drug-likeness (QED) is 0.717. The fraction of sp³-hybridized carbons (Fsp3) is 0.462. The first kappa shape index (κ1) is 11.0. The molecule has 2 rings (SSSR count). The van der Waals surface area contributed by atoms with E-state index in [2.05, 4.69) is 6.07 Å². The summed E-state index contributed by atoms with van der Waals surface area (Å²) in [6.07, 6.45) is 1.66. The van der Waals surface area contributed by atoms with Crippen LogP contribution in [-0.2, 0) is 16.0 Å². The predicted molar refractivity (Wildman–Crippen MR) is 60.4 cm³/mol. The number of aryl methyl sites for hydroxylation is 1. The molecule has 1 aliphatic rings. The zero-order valence-electron chi connectivity index (χ0n) is 9.60. The molecule has 0 aliphatic carbocycles. The number of para-hydroxylation sites is 1. The summed E-state index contributed by atoms with van der Waals surface area (Å²) >= 11 is 0. The molecule has 0 saturated carbocycles. The van der Waals surface area contributed by atoms with E-state index in [0.29, 0.717) is 0 Å². The van der Waals surface area contributed by atoms with Crippen molar-refractivity contribution >= 4 is 5.97 Å². The minimum atomic E-state index is -0.255. The Labute approximate surface area is 95.4 Å². The Kier molecular flexibility index (Phi) is 3.13. The van der Waals surface area contributed by atoms with E-state index >= 15 is 0 Å². The first-order chi connectivity index (χ1) is 7.66. The van der Waals surface area contributed by atoms with Crippen molar-refractivity contribution in [3.05, 3.63) is 29.8 Å². The molecule has 1 heterocycles. The van der Waals surface area contributed by atoms with Gasteiger partial charge in [-0.1, -0.05) is 18.2 Å². The number of benzene rings is 1. The lowest BCUT2D eigenvalue weighted by atomic mass is 10.00. The van der Waals surface area contributed by atoms with E-state index in [1.54, 1.807) is 0 Å². The Bertz CT molecular complexity index is 387. The number of ether oxygens (including phenoxy) is 2. The maximum Gasteiger partial charge on any atom is 0.303 e. The number of fused-ring (bicyclic) bond motifs is 1. The van der Waals surface area contributed by atoms with Crippen LogP contribution < -0.4 is 4.74 Å². The summed E-state index contributed by atoms with van der Waals surface area (Å²) in [5.41, 5.74) is 1.23. The van der Waals surface area contributed by atoms with Crippen LogP contribution in [0.5, 0.6) is 5.75 Å². The fourth-order valence-corrected chi connectivity index (χ4v) is 2.01. The Morgan fingerprint density at radius 1 is 1.50 bits per heavy atom. The van der Waals surface area contributed by atoms with Crippen LogP contribution in [0.15, 0.2) is 24.3 Å². The lowest BCUT2D eigenvalue weighted by Gasteiger charge is -2.29. The lowest BCUT2D eigenvalue weighted by Crippen LogP contribution is -2.35.